The van der Waals surface area contributed by atoms with Crippen LogP contribution in [0.2, 0.25) is 0 Å². The maximum absolute atomic E-state index is 6.00. The molecular formula is C17H27N3. The van der Waals surface area contributed by atoms with Crippen molar-refractivity contribution in [2.24, 2.45) is 11.7 Å². The fourth-order valence-electron chi connectivity index (χ4n) is 3.65. The fourth-order valence-corrected chi connectivity index (χ4v) is 3.65. The van der Waals surface area contributed by atoms with Crippen LogP contribution in [0.4, 0.5) is 5.82 Å². The van der Waals surface area contributed by atoms with E-state index >= 15 is 0 Å². The Morgan fingerprint density at radius 1 is 1.25 bits per heavy atom. The average molecular weight is 273 g/mol. The smallest absolute Gasteiger partial charge is 0.133 e. The molecule has 1 aliphatic heterocycles. The topological polar surface area (TPSA) is 42.2 Å². The van der Waals surface area contributed by atoms with Crippen LogP contribution >= 0.6 is 0 Å². The van der Waals surface area contributed by atoms with E-state index in [0.717, 1.165) is 18.9 Å². The van der Waals surface area contributed by atoms with Gasteiger partial charge in [0, 0.05) is 30.4 Å². The van der Waals surface area contributed by atoms with Crippen LogP contribution in [0.5, 0.6) is 0 Å². The van der Waals surface area contributed by atoms with Crippen molar-refractivity contribution in [3.8, 4) is 0 Å². The van der Waals surface area contributed by atoms with E-state index < -0.39 is 0 Å². The number of pyridine rings is 1. The number of aromatic nitrogens is 1. The summed E-state index contributed by atoms with van der Waals surface area (Å²) >= 11 is 0. The predicted molar refractivity (Wildman–Crippen MR) is 84.0 cm³/mol. The summed E-state index contributed by atoms with van der Waals surface area (Å²) < 4.78 is 0. The van der Waals surface area contributed by atoms with Crippen molar-refractivity contribution in [2.75, 3.05) is 11.4 Å². The van der Waals surface area contributed by atoms with E-state index in [9.17, 15) is 0 Å². The minimum absolute atomic E-state index is 0.589. The lowest BCUT2D eigenvalue weighted by Gasteiger charge is -2.39. The number of rotatable bonds is 2. The zero-order chi connectivity index (χ0) is 14.1. The molecule has 1 aliphatic carbocycles. The van der Waals surface area contributed by atoms with Gasteiger partial charge in [-0.3, -0.25) is 0 Å². The Morgan fingerprint density at radius 3 is 2.85 bits per heavy atom. The molecule has 0 radical (unpaired) electrons. The standard InChI is InChI=1S/C17H27N3/c1-12-7-8-13(2)20(11-12)17-15(10-18)9-14-5-3-4-6-16(14)19-17/h9,12-13H,3-8,10-11,18H2,1-2H3. The Bertz CT molecular complexity index is 483. The van der Waals surface area contributed by atoms with Crippen LogP contribution in [0, 0.1) is 5.92 Å². The second-order valence-corrected chi connectivity index (χ2v) is 6.67. The number of hydrogen-bond donors (Lipinski definition) is 1. The SMILES string of the molecule is CC1CCC(C)N(c2nc3c(cc2CN)CCCC3)C1. The van der Waals surface area contributed by atoms with Crippen molar-refractivity contribution in [2.45, 2.75) is 65.0 Å². The number of aryl methyl sites for hydroxylation is 2. The highest BCUT2D eigenvalue weighted by molar-refractivity contribution is 5.51. The lowest BCUT2D eigenvalue weighted by atomic mass is 9.92. The summed E-state index contributed by atoms with van der Waals surface area (Å²) in [5, 5.41) is 0. The second-order valence-electron chi connectivity index (χ2n) is 6.67. The molecular weight excluding hydrogens is 246 g/mol. The van der Waals surface area contributed by atoms with Gasteiger partial charge in [-0.15, -0.1) is 0 Å². The van der Waals surface area contributed by atoms with Gasteiger partial charge in [0.05, 0.1) is 0 Å². The van der Waals surface area contributed by atoms with E-state index in [1.165, 1.54) is 54.7 Å². The normalized spacial score (nSPS) is 26.4. The number of nitrogens with two attached hydrogens (primary N) is 1. The van der Waals surface area contributed by atoms with Gasteiger partial charge in [-0.25, -0.2) is 4.98 Å². The number of piperidine rings is 1. The molecule has 1 saturated heterocycles. The summed E-state index contributed by atoms with van der Waals surface area (Å²) in [7, 11) is 0. The van der Waals surface area contributed by atoms with E-state index in [4.69, 9.17) is 10.7 Å². The molecule has 0 aromatic carbocycles. The highest BCUT2D eigenvalue weighted by Crippen LogP contribution is 2.31. The fraction of sp³-hybridized carbons (Fsp3) is 0.706. The molecule has 0 bridgehead atoms. The van der Waals surface area contributed by atoms with Crippen molar-refractivity contribution in [1.82, 2.24) is 4.98 Å². The van der Waals surface area contributed by atoms with Gasteiger partial charge in [-0.05, 0) is 63.0 Å². The first-order valence-corrected chi connectivity index (χ1v) is 8.17. The second kappa shape index (κ2) is 5.72. The molecule has 0 saturated carbocycles. The van der Waals surface area contributed by atoms with Gasteiger partial charge < -0.3 is 10.6 Å². The molecule has 2 N–H and O–H groups in total. The van der Waals surface area contributed by atoms with Crippen molar-refractivity contribution in [3.05, 3.63) is 22.9 Å². The van der Waals surface area contributed by atoms with E-state index in [2.05, 4.69) is 24.8 Å². The monoisotopic (exact) mass is 273 g/mol. The molecule has 0 amide bonds. The van der Waals surface area contributed by atoms with Crippen molar-refractivity contribution >= 4 is 5.82 Å². The van der Waals surface area contributed by atoms with E-state index in [0.29, 0.717) is 12.6 Å². The van der Waals surface area contributed by atoms with Gasteiger partial charge in [0.1, 0.15) is 5.82 Å². The predicted octanol–water partition coefficient (Wildman–Crippen LogP) is 3.04. The van der Waals surface area contributed by atoms with Gasteiger partial charge in [0.25, 0.3) is 0 Å². The van der Waals surface area contributed by atoms with Crippen LogP contribution in [0.1, 0.15) is 56.4 Å². The molecule has 2 aliphatic rings. The Morgan fingerprint density at radius 2 is 2.05 bits per heavy atom. The highest BCUT2D eigenvalue weighted by Gasteiger charge is 2.26. The molecule has 2 atom stereocenters. The summed E-state index contributed by atoms with van der Waals surface area (Å²) in [5.41, 5.74) is 10.0. The van der Waals surface area contributed by atoms with E-state index in [1.807, 2.05) is 0 Å². The summed E-state index contributed by atoms with van der Waals surface area (Å²) in [6.45, 7) is 6.40. The van der Waals surface area contributed by atoms with Crippen LogP contribution in [0.3, 0.4) is 0 Å². The Balaban J connectivity index is 1.98. The molecule has 110 valence electrons. The number of fused-ring (bicyclic) bond motifs is 1. The molecule has 1 aromatic rings. The molecule has 0 spiro atoms. The third-order valence-corrected chi connectivity index (χ3v) is 4.97. The zero-order valence-corrected chi connectivity index (χ0v) is 12.9. The third-order valence-electron chi connectivity index (χ3n) is 4.97. The van der Waals surface area contributed by atoms with Crippen LogP contribution in [0.25, 0.3) is 0 Å². The van der Waals surface area contributed by atoms with E-state index in [1.54, 1.807) is 0 Å². The molecule has 1 fully saturated rings. The molecule has 3 rings (SSSR count). The molecule has 2 heterocycles. The van der Waals surface area contributed by atoms with Crippen LogP contribution in [-0.4, -0.2) is 17.6 Å². The van der Waals surface area contributed by atoms with Crippen molar-refractivity contribution < 1.29 is 0 Å². The minimum atomic E-state index is 0.589. The lowest BCUT2D eigenvalue weighted by Crippen LogP contribution is -2.42. The van der Waals surface area contributed by atoms with Crippen LogP contribution in [0.15, 0.2) is 6.07 Å². The molecule has 20 heavy (non-hydrogen) atoms. The Kier molecular flexibility index (Phi) is 3.97. The van der Waals surface area contributed by atoms with Crippen LogP contribution < -0.4 is 10.6 Å². The lowest BCUT2D eigenvalue weighted by molar-refractivity contribution is 0.387. The number of nitrogens with zero attached hydrogens (tertiary/aromatic N) is 2. The summed E-state index contributed by atoms with van der Waals surface area (Å²) in [4.78, 5) is 7.54. The van der Waals surface area contributed by atoms with Gasteiger partial charge in [-0.2, -0.15) is 0 Å². The molecule has 3 heteroatoms. The Hall–Kier alpha value is -1.09. The maximum Gasteiger partial charge on any atom is 0.133 e. The van der Waals surface area contributed by atoms with E-state index in [-0.39, 0.29) is 0 Å². The quantitative estimate of drug-likeness (QED) is 0.900. The van der Waals surface area contributed by atoms with Gasteiger partial charge in [-0.1, -0.05) is 6.92 Å². The van der Waals surface area contributed by atoms with Crippen molar-refractivity contribution in [3.63, 3.8) is 0 Å². The third kappa shape index (κ3) is 2.56. The van der Waals surface area contributed by atoms with Crippen molar-refractivity contribution in [1.29, 1.82) is 0 Å². The Labute approximate surface area is 122 Å². The summed E-state index contributed by atoms with van der Waals surface area (Å²) in [5.74, 6) is 1.93. The number of hydrogen-bond acceptors (Lipinski definition) is 3. The first kappa shape index (κ1) is 13.9. The number of anilines is 1. The van der Waals surface area contributed by atoms with Gasteiger partial charge in [0.2, 0.25) is 0 Å². The molecule has 1 aromatic heterocycles. The van der Waals surface area contributed by atoms with Gasteiger partial charge >= 0.3 is 0 Å². The first-order chi connectivity index (χ1) is 9.69. The summed E-state index contributed by atoms with van der Waals surface area (Å²) in [6, 6.07) is 2.92. The minimum Gasteiger partial charge on any atom is -0.353 e. The van der Waals surface area contributed by atoms with Gasteiger partial charge in [0.15, 0.2) is 0 Å². The van der Waals surface area contributed by atoms with Crippen LogP contribution in [-0.2, 0) is 19.4 Å². The summed E-state index contributed by atoms with van der Waals surface area (Å²) in [6.07, 6.45) is 7.51. The molecule has 3 nitrogen and oxygen atoms in total. The average Bonchev–Trinajstić information content (AvgIpc) is 2.48. The largest absolute Gasteiger partial charge is 0.353 e. The maximum atomic E-state index is 6.00. The zero-order valence-electron chi connectivity index (χ0n) is 12.9. The highest BCUT2D eigenvalue weighted by atomic mass is 15.2. The first-order valence-electron chi connectivity index (χ1n) is 8.17. The molecule has 2 unspecified atom stereocenters.